The minimum absolute atomic E-state index is 0.0617. The molecule has 1 aliphatic heterocycles. The maximum absolute atomic E-state index is 12.0. The molecule has 0 bridgehead atoms. The van der Waals surface area contributed by atoms with Gasteiger partial charge in [0, 0.05) is 16.9 Å². The molecular weight excluding hydrogens is 340 g/mol. The van der Waals surface area contributed by atoms with Gasteiger partial charge in [-0.3, -0.25) is 4.90 Å². The van der Waals surface area contributed by atoms with Gasteiger partial charge >= 0.3 is 6.09 Å². The lowest BCUT2D eigenvalue weighted by Crippen LogP contribution is -2.57. The third kappa shape index (κ3) is 2.85. The van der Waals surface area contributed by atoms with Crippen molar-refractivity contribution in [2.45, 2.75) is 38.0 Å². The largest absolute Gasteiger partial charge is 0.491 e. The van der Waals surface area contributed by atoms with Crippen molar-refractivity contribution in [2.24, 2.45) is 0 Å². The van der Waals surface area contributed by atoms with E-state index in [2.05, 4.69) is 20.9 Å². The molecule has 3 rings (SSSR count). The molecule has 1 fully saturated rings. The fraction of sp³-hybridized carbons (Fsp3) is 0.571. The van der Waals surface area contributed by atoms with Gasteiger partial charge in [0.2, 0.25) is 0 Å². The van der Waals surface area contributed by atoms with E-state index < -0.39 is 11.7 Å². The third-order valence-electron chi connectivity index (χ3n) is 3.76. The number of hydrogen-bond donors (Lipinski definition) is 1. The number of aromatic nitrogens is 1. The Balaban J connectivity index is 1.83. The summed E-state index contributed by atoms with van der Waals surface area (Å²) in [5.41, 5.74) is 0.120. The summed E-state index contributed by atoms with van der Waals surface area (Å²) >= 11 is 3.30. The number of alkyl halides is 1. The summed E-state index contributed by atoms with van der Waals surface area (Å²) in [6.45, 7) is 2.52. The minimum atomic E-state index is -0.707. The number of carbonyl (C=O) groups excluding carboxylic acids is 1. The highest BCUT2D eigenvalue weighted by Gasteiger charge is 2.46. The summed E-state index contributed by atoms with van der Waals surface area (Å²) in [6.07, 6.45) is 2.28. The molecule has 2 heterocycles. The van der Waals surface area contributed by atoms with Crippen LogP contribution in [-0.2, 0) is 11.3 Å². The molecule has 0 aromatic carbocycles. The number of carbonyl (C=O) groups is 1. The van der Waals surface area contributed by atoms with E-state index in [4.69, 9.17) is 9.47 Å². The van der Waals surface area contributed by atoms with Crippen LogP contribution in [0.2, 0.25) is 0 Å². The number of anilines is 1. The van der Waals surface area contributed by atoms with Gasteiger partial charge < -0.3 is 14.6 Å². The van der Waals surface area contributed by atoms with Crippen molar-refractivity contribution in [3.63, 3.8) is 0 Å². The highest BCUT2D eigenvalue weighted by molar-refractivity contribution is 9.09. The minimum Gasteiger partial charge on any atom is -0.491 e. The molecule has 1 aromatic heterocycles. The van der Waals surface area contributed by atoms with Crippen LogP contribution in [0.25, 0.3) is 0 Å². The van der Waals surface area contributed by atoms with Crippen molar-refractivity contribution >= 4 is 27.8 Å². The number of rotatable bonds is 4. The van der Waals surface area contributed by atoms with Crippen LogP contribution in [0.4, 0.5) is 10.6 Å². The lowest BCUT2D eigenvalue weighted by molar-refractivity contribution is -0.0315. The molecule has 1 amide bonds. The van der Waals surface area contributed by atoms with Gasteiger partial charge in [-0.1, -0.05) is 15.9 Å². The third-order valence-corrected chi connectivity index (χ3v) is 4.08. The first-order valence-corrected chi connectivity index (χ1v) is 7.98. The Morgan fingerprint density at radius 2 is 2.38 bits per heavy atom. The van der Waals surface area contributed by atoms with Crippen LogP contribution in [-0.4, -0.2) is 39.8 Å². The molecule has 1 N–H and O–H groups in total. The van der Waals surface area contributed by atoms with Crippen LogP contribution in [0.5, 0.6) is 5.75 Å². The van der Waals surface area contributed by atoms with Crippen molar-refractivity contribution in [1.82, 2.24) is 4.98 Å². The van der Waals surface area contributed by atoms with Gasteiger partial charge in [0.05, 0.1) is 18.4 Å². The highest BCUT2D eigenvalue weighted by Crippen LogP contribution is 2.40. The molecule has 7 heteroatoms. The summed E-state index contributed by atoms with van der Waals surface area (Å²) in [7, 11) is 0. The quantitative estimate of drug-likeness (QED) is 0.837. The molecule has 1 saturated carbocycles. The van der Waals surface area contributed by atoms with Crippen molar-refractivity contribution in [1.29, 1.82) is 0 Å². The van der Waals surface area contributed by atoms with E-state index in [1.807, 2.05) is 6.07 Å². The molecule has 0 spiro atoms. The number of amides is 1. The van der Waals surface area contributed by atoms with Crippen LogP contribution in [0.3, 0.4) is 0 Å². The monoisotopic (exact) mass is 356 g/mol. The Hall–Kier alpha value is -1.34. The first-order chi connectivity index (χ1) is 10.00. The number of hydrogen-bond acceptors (Lipinski definition) is 5. The number of aliphatic hydroxyl groups is 1. The molecule has 2 aliphatic rings. The Kier molecular flexibility index (Phi) is 3.79. The number of cyclic esters (lactones) is 1. The molecule has 114 valence electrons. The first kappa shape index (κ1) is 14.6. The van der Waals surface area contributed by atoms with E-state index in [0.717, 1.165) is 10.9 Å². The maximum atomic E-state index is 12.0. The summed E-state index contributed by atoms with van der Waals surface area (Å²) in [5.74, 6) is 1.27. The average Bonchev–Trinajstić information content (AvgIpc) is 2.42. The summed E-state index contributed by atoms with van der Waals surface area (Å²) in [4.78, 5) is 17.9. The zero-order valence-corrected chi connectivity index (χ0v) is 13.3. The van der Waals surface area contributed by atoms with Gasteiger partial charge in [0.1, 0.15) is 18.2 Å². The smallest absolute Gasteiger partial charge is 0.416 e. The van der Waals surface area contributed by atoms with Crippen molar-refractivity contribution in [3.05, 3.63) is 17.8 Å². The Bertz CT molecular complexity index is 556. The second-order valence-corrected chi connectivity index (χ2v) is 6.47. The fourth-order valence-electron chi connectivity index (χ4n) is 2.80. The number of fused-ring (bicyclic) bond motifs is 1. The van der Waals surface area contributed by atoms with Crippen LogP contribution in [0.1, 0.15) is 25.3 Å². The Labute approximate surface area is 131 Å². The van der Waals surface area contributed by atoms with Crippen LogP contribution >= 0.6 is 15.9 Å². The summed E-state index contributed by atoms with van der Waals surface area (Å²) in [6, 6.07) is 1.79. The molecular formula is C14H17BrN2O4. The molecule has 0 atom stereocenters. The Morgan fingerprint density at radius 3 is 3.05 bits per heavy atom. The molecule has 21 heavy (non-hydrogen) atoms. The van der Waals surface area contributed by atoms with E-state index in [1.54, 1.807) is 18.0 Å². The van der Waals surface area contributed by atoms with Gasteiger partial charge in [0.15, 0.2) is 0 Å². The second-order valence-electron chi connectivity index (χ2n) is 5.67. The van der Waals surface area contributed by atoms with E-state index in [1.165, 1.54) is 0 Å². The van der Waals surface area contributed by atoms with Gasteiger partial charge in [-0.15, -0.1) is 0 Å². The van der Waals surface area contributed by atoms with E-state index in [-0.39, 0.29) is 12.6 Å². The van der Waals surface area contributed by atoms with Gasteiger partial charge in [-0.05, 0) is 25.8 Å². The van der Waals surface area contributed by atoms with Crippen LogP contribution in [0, 0.1) is 0 Å². The van der Waals surface area contributed by atoms with Gasteiger partial charge in [-0.2, -0.15) is 0 Å². The van der Waals surface area contributed by atoms with Crippen molar-refractivity contribution < 1.29 is 19.4 Å². The molecule has 0 unspecified atom stereocenters. The lowest BCUT2D eigenvalue weighted by Gasteiger charge is -2.46. The molecule has 1 aromatic rings. The predicted octanol–water partition coefficient (Wildman–Crippen LogP) is 2.23. The number of pyridine rings is 1. The first-order valence-electron chi connectivity index (χ1n) is 6.86. The summed E-state index contributed by atoms with van der Waals surface area (Å²) in [5, 5.41) is 10.6. The summed E-state index contributed by atoms with van der Waals surface area (Å²) < 4.78 is 10.7. The predicted molar refractivity (Wildman–Crippen MR) is 79.8 cm³/mol. The SMILES string of the molecule is C[C@]1(O)C[C@@H](N2C(=O)OCc3cc(OCCBr)cnc32)C1. The fourth-order valence-corrected chi connectivity index (χ4v) is 2.96. The molecule has 6 nitrogen and oxygen atoms in total. The van der Waals surface area contributed by atoms with E-state index in [0.29, 0.717) is 31.0 Å². The van der Waals surface area contributed by atoms with E-state index in [9.17, 15) is 9.90 Å². The zero-order chi connectivity index (χ0) is 15.0. The molecule has 1 aliphatic carbocycles. The van der Waals surface area contributed by atoms with Crippen LogP contribution < -0.4 is 9.64 Å². The van der Waals surface area contributed by atoms with Crippen molar-refractivity contribution in [2.75, 3.05) is 16.8 Å². The highest BCUT2D eigenvalue weighted by atomic mass is 79.9. The van der Waals surface area contributed by atoms with Crippen LogP contribution in [0.15, 0.2) is 12.3 Å². The Morgan fingerprint density at radius 1 is 1.62 bits per heavy atom. The van der Waals surface area contributed by atoms with Gasteiger partial charge in [-0.25, -0.2) is 9.78 Å². The standard InChI is InChI=1S/C14H17BrN2O4/c1-14(19)5-10(6-14)17-12-9(8-21-13(17)18)4-11(7-16-12)20-3-2-15/h4,7,10,19H,2-3,5-6,8H2,1H3/t10-,14+. The van der Waals surface area contributed by atoms with Gasteiger partial charge in [0.25, 0.3) is 0 Å². The lowest BCUT2D eigenvalue weighted by atomic mass is 9.76. The topological polar surface area (TPSA) is 71.9 Å². The molecule has 0 radical (unpaired) electrons. The maximum Gasteiger partial charge on any atom is 0.416 e. The van der Waals surface area contributed by atoms with Crippen molar-refractivity contribution in [3.8, 4) is 5.75 Å². The average molecular weight is 357 g/mol. The normalized spacial score (nSPS) is 27.7. The number of ether oxygens (including phenoxy) is 2. The number of nitrogens with zero attached hydrogens (tertiary/aromatic N) is 2. The number of halogens is 1. The zero-order valence-electron chi connectivity index (χ0n) is 11.7. The molecule has 0 saturated heterocycles. The second kappa shape index (κ2) is 5.46. The van der Waals surface area contributed by atoms with E-state index >= 15 is 0 Å².